The highest BCUT2D eigenvalue weighted by molar-refractivity contribution is 7.92. The van der Waals surface area contributed by atoms with Crippen molar-refractivity contribution in [2.24, 2.45) is 0 Å². The second-order valence-corrected chi connectivity index (χ2v) is 8.52. The van der Waals surface area contributed by atoms with Crippen LogP contribution in [0, 0.1) is 6.92 Å². The highest BCUT2D eigenvalue weighted by atomic mass is 35.5. The lowest BCUT2D eigenvalue weighted by Gasteiger charge is -2.12. The number of halogens is 1. The van der Waals surface area contributed by atoms with E-state index >= 15 is 0 Å². The lowest BCUT2D eigenvalue weighted by Crippen LogP contribution is -2.17. The van der Waals surface area contributed by atoms with Gasteiger partial charge in [-0.3, -0.25) is 9.52 Å². The zero-order chi connectivity index (χ0) is 21.9. The summed E-state index contributed by atoms with van der Waals surface area (Å²) in [6.45, 7) is 1.63. The van der Waals surface area contributed by atoms with Crippen molar-refractivity contribution in [3.63, 3.8) is 0 Å². The highest BCUT2D eigenvalue weighted by Crippen LogP contribution is 2.22. The molecule has 3 rings (SSSR count). The van der Waals surface area contributed by atoms with Gasteiger partial charge >= 0.3 is 5.97 Å². The maximum absolute atomic E-state index is 12.8. The largest absolute Gasteiger partial charge is 0.478 e. The Hall–Kier alpha value is -3.36. The Morgan fingerprint density at radius 1 is 0.867 bits per heavy atom. The average Bonchev–Trinajstić information content (AvgIpc) is 2.70. The molecule has 3 N–H and O–H groups in total. The molecule has 3 aromatic rings. The summed E-state index contributed by atoms with van der Waals surface area (Å²) >= 11 is 5.82. The Labute approximate surface area is 178 Å². The first-order valence-corrected chi connectivity index (χ1v) is 10.6. The number of benzene rings is 3. The molecule has 0 bridgehead atoms. The first kappa shape index (κ1) is 21.4. The van der Waals surface area contributed by atoms with Gasteiger partial charge in [0.25, 0.3) is 15.9 Å². The number of nitrogens with one attached hydrogen (secondary N) is 2. The molecular formula is C21H17ClN2O5S. The third kappa shape index (κ3) is 4.97. The molecule has 0 aliphatic carbocycles. The Bertz CT molecular complexity index is 1210. The third-order valence-electron chi connectivity index (χ3n) is 4.23. The fourth-order valence-corrected chi connectivity index (χ4v) is 4.11. The van der Waals surface area contributed by atoms with Gasteiger partial charge in [-0.25, -0.2) is 13.2 Å². The molecule has 0 atom stereocenters. The molecule has 1 amide bonds. The number of amides is 1. The number of hydrogen-bond acceptors (Lipinski definition) is 4. The molecule has 0 spiro atoms. The number of sulfonamides is 1. The molecule has 0 aromatic heterocycles. The molecule has 7 nitrogen and oxygen atoms in total. The molecule has 154 valence electrons. The van der Waals surface area contributed by atoms with Gasteiger partial charge in [-0.15, -0.1) is 0 Å². The van der Waals surface area contributed by atoms with Crippen LogP contribution in [0.1, 0.15) is 26.3 Å². The maximum atomic E-state index is 12.8. The third-order valence-corrected chi connectivity index (χ3v) is 6.00. The van der Waals surface area contributed by atoms with Crippen molar-refractivity contribution >= 4 is 44.9 Å². The van der Waals surface area contributed by atoms with Gasteiger partial charge in [0.2, 0.25) is 0 Å². The number of carboxylic acid groups (broad SMARTS) is 1. The van der Waals surface area contributed by atoms with Crippen LogP contribution in [0.25, 0.3) is 0 Å². The van der Waals surface area contributed by atoms with Crippen LogP contribution >= 0.6 is 11.6 Å². The number of rotatable bonds is 6. The predicted octanol–water partition coefficient (Wildman–Crippen LogP) is 4.40. The molecule has 0 aliphatic rings. The van der Waals surface area contributed by atoms with E-state index in [1.165, 1.54) is 48.5 Å². The Morgan fingerprint density at radius 3 is 2.03 bits per heavy atom. The quantitative estimate of drug-likeness (QED) is 0.521. The number of carbonyl (C=O) groups is 2. The van der Waals surface area contributed by atoms with E-state index in [1.54, 1.807) is 25.1 Å². The van der Waals surface area contributed by atoms with Crippen molar-refractivity contribution in [3.8, 4) is 0 Å². The summed E-state index contributed by atoms with van der Waals surface area (Å²) in [5.74, 6) is -1.60. The van der Waals surface area contributed by atoms with Gasteiger partial charge in [-0.2, -0.15) is 0 Å². The molecule has 0 radical (unpaired) electrons. The lowest BCUT2D eigenvalue weighted by atomic mass is 10.1. The van der Waals surface area contributed by atoms with Gasteiger partial charge in [0, 0.05) is 22.0 Å². The van der Waals surface area contributed by atoms with E-state index in [2.05, 4.69) is 10.0 Å². The smallest absolute Gasteiger partial charge is 0.335 e. The normalized spacial score (nSPS) is 11.0. The van der Waals surface area contributed by atoms with E-state index < -0.39 is 21.9 Å². The van der Waals surface area contributed by atoms with E-state index in [9.17, 15) is 18.0 Å². The number of aryl methyl sites for hydroxylation is 1. The molecule has 3 aromatic carbocycles. The second kappa shape index (κ2) is 8.56. The molecule has 0 heterocycles. The molecular weight excluding hydrogens is 428 g/mol. The Balaban J connectivity index is 1.83. The van der Waals surface area contributed by atoms with Gasteiger partial charge in [-0.05, 0) is 73.2 Å². The van der Waals surface area contributed by atoms with Gasteiger partial charge in [0.05, 0.1) is 10.5 Å². The Morgan fingerprint density at radius 2 is 1.43 bits per heavy atom. The SMILES string of the molecule is Cc1ccc(C(=O)Nc2ccc(C(=O)O)cc2)cc1S(=O)(=O)Nc1ccc(Cl)cc1. The molecule has 0 saturated heterocycles. The van der Waals surface area contributed by atoms with Crippen molar-refractivity contribution in [1.82, 2.24) is 0 Å². The minimum Gasteiger partial charge on any atom is -0.478 e. The molecule has 0 fully saturated rings. The molecule has 9 heteroatoms. The van der Waals surface area contributed by atoms with Crippen LogP contribution in [-0.2, 0) is 10.0 Å². The zero-order valence-electron chi connectivity index (χ0n) is 15.7. The standard InChI is InChI=1S/C21H17ClN2O5S/c1-13-2-3-15(20(25)23-17-8-4-14(5-9-17)21(26)27)12-19(13)30(28,29)24-18-10-6-16(22)7-11-18/h2-12,24H,1H3,(H,23,25)(H,26,27). The van der Waals surface area contributed by atoms with Crippen LogP contribution in [0.5, 0.6) is 0 Å². The molecule has 0 saturated carbocycles. The number of hydrogen-bond donors (Lipinski definition) is 3. The first-order chi connectivity index (χ1) is 14.2. The molecule has 0 aliphatic heterocycles. The van der Waals surface area contributed by atoms with Crippen molar-refractivity contribution < 1.29 is 23.1 Å². The van der Waals surface area contributed by atoms with Crippen molar-refractivity contribution in [2.45, 2.75) is 11.8 Å². The summed E-state index contributed by atoms with van der Waals surface area (Å²) in [7, 11) is -3.94. The van der Waals surface area contributed by atoms with Crippen LogP contribution in [0.2, 0.25) is 5.02 Å². The van der Waals surface area contributed by atoms with E-state index in [1.807, 2.05) is 0 Å². The fourth-order valence-electron chi connectivity index (χ4n) is 2.66. The van der Waals surface area contributed by atoms with Gasteiger partial charge in [0.1, 0.15) is 0 Å². The zero-order valence-corrected chi connectivity index (χ0v) is 17.3. The number of carboxylic acids is 1. The average molecular weight is 445 g/mol. The van der Waals surface area contributed by atoms with Gasteiger partial charge in [0.15, 0.2) is 0 Å². The second-order valence-electron chi connectivity index (χ2n) is 6.43. The maximum Gasteiger partial charge on any atom is 0.335 e. The van der Waals surface area contributed by atoms with E-state index in [0.29, 0.717) is 22.0 Å². The summed E-state index contributed by atoms with van der Waals surface area (Å²) in [6.07, 6.45) is 0. The molecule has 0 unspecified atom stereocenters. The first-order valence-electron chi connectivity index (χ1n) is 8.69. The van der Waals surface area contributed by atoms with Gasteiger partial charge in [-0.1, -0.05) is 17.7 Å². The fraction of sp³-hybridized carbons (Fsp3) is 0.0476. The highest BCUT2D eigenvalue weighted by Gasteiger charge is 2.19. The Kier molecular flexibility index (Phi) is 6.09. The van der Waals surface area contributed by atoms with E-state index in [4.69, 9.17) is 16.7 Å². The van der Waals surface area contributed by atoms with Gasteiger partial charge < -0.3 is 10.4 Å². The van der Waals surface area contributed by atoms with Crippen LogP contribution in [0.3, 0.4) is 0 Å². The van der Waals surface area contributed by atoms with E-state index in [0.717, 1.165) is 0 Å². The van der Waals surface area contributed by atoms with Crippen LogP contribution < -0.4 is 10.0 Å². The monoisotopic (exact) mass is 444 g/mol. The minimum atomic E-state index is -3.94. The minimum absolute atomic E-state index is 0.0358. The van der Waals surface area contributed by atoms with Crippen molar-refractivity contribution in [3.05, 3.63) is 88.4 Å². The number of carbonyl (C=O) groups excluding carboxylic acids is 1. The predicted molar refractivity (Wildman–Crippen MR) is 115 cm³/mol. The lowest BCUT2D eigenvalue weighted by molar-refractivity contribution is 0.0696. The summed E-state index contributed by atoms with van der Waals surface area (Å²) < 4.78 is 28.1. The van der Waals surface area contributed by atoms with Crippen molar-refractivity contribution in [2.75, 3.05) is 10.0 Å². The topological polar surface area (TPSA) is 113 Å². The molecule has 30 heavy (non-hydrogen) atoms. The summed E-state index contributed by atoms with van der Waals surface area (Å²) in [6, 6.07) is 16.2. The van der Waals surface area contributed by atoms with Crippen LogP contribution in [0.4, 0.5) is 11.4 Å². The summed E-state index contributed by atoms with van der Waals surface area (Å²) in [5.41, 5.74) is 1.42. The van der Waals surface area contributed by atoms with Crippen molar-refractivity contribution in [1.29, 1.82) is 0 Å². The number of anilines is 2. The summed E-state index contributed by atoms with van der Waals surface area (Å²) in [4.78, 5) is 23.4. The number of aromatic carboxylic acids is 1. The van der Waals surface area contributed by atoms with E-state index in [-0.39, 0.29) is 16.0 Å². The van der Waals surface area contributed by atoms with Crippen LogP contribution in [-0.4, -0.2) is 25.4 Å². The summed E-state index contributed by atoms with van der Waals surface area (Å²) in [5, 5.41) is 12.0. The van der Waals surface area contributed by atoms with Crippen LogP contribution in [0.15, 0.2) is 71.6 Å².